The van der Waals surface area contributed by atoms with E-state index in [0.29, 0.717) is 19.8 Å². The van der Waals surface area contributed by atoms with E-state index in [1.807, 2.05) is 12.1 Å². The highest BCUT2D eigenvalue weighted by Crippen LogP contribution is 2.46. The third-order valence-electron chi connectivity index (χ3n) is 4.37. The van der Waals surface area contributed by atoms with Crippen molar-refractivity contribution < 1.29 is 19.4 Å². The minimum Gasteiger partial charge on any atom is -0.480 e. The molecule has 3 heterocycles. The molecule has 6 heteroatoms. The molecule has 0 bridgehead atoms. The SMILES string of the molecule is O=C(O)[C@@H]1C[C@@H]2c3ccccc3N(C3COCO3)[C@@H]2N1. The van der Waals surface area contributed by atoms with E-state index in [0.717, 1.165) is 5.69 Å². The molecule has 0 saturated carbocycles. The van der Waals surface area contributed by atoms with Crippen LogP contribution in [-0.4, -0.2) is 42.9 Å². The zero-order valence-electron chi connectivity index (χ0n) is 10.9. The van der Waals surface area contributed by atoms with Gasteiger partial charge in [0, 0.05) is 11.6 Å². The predicted molar refractivity (Wildman–Crippen MR) is 70.3 cm³/mol. The van der Waals surface area contributed by atoms with Gasteiger partial charge in [0.2, 0.25) is 0 Å². The zero-order chi connectivity index (χ0) is 13.7. The van der Waals surface area contributed by atoms with Gasteiger partial charge < -0.3 is 19.5 Å². The van der Waals surface area contributed by atoms with Crippen molar-refractivity contribution in [3.8, 4) is 0 Å². The van der Waals surface area contributed by atoms with Crippen molar-refractivity contribution in [3.63, 3.8) is 0 Å². The topological polar surface area (TPSA) is 71.0 Å². The van der Waals surface area contributed by atoms with Gasteiger partial charge in [-0.25, -0.2) is 0 Å². The van der Waals surface area contributed by atoms with Gasteiger partial charge in [0.05, 0.1) is 12.8 Å². The van der Waals surface area contributed by atoms with Crippen LogP contribution in [0.4, 0.5) is 5.69 Å². The van der Waals surface area contributed by atoms with Gasteiger partial charge in [0.25, 0.3) is 0 Å². The summed E-state index contributed by atoms with van der Waals surface area (Å²) in [5.41, 5.74) is 2.32. The number of carbonyl (C=O) groups is 1. The van der Waals surface area contributed by atoms with Crippen LogP contribution in [0.15, 0.2) is 24.3 Å². The molecule has 0 aliphatic carbocycles. The number of nitrogens with one attached hydrogen (secondary N) is 1. The molecule has 20 heavy (non-hydrogen) atoms. The van der Waals surface area contributed by atoms with E-state index >= 15 is 0 Å². The summed E-state index contributed by atoms with van der Waals surface area (Å²) in [4.78, 5) is 13.4. The summed E-state index contributed by atoms with van der Waals surface area (Å²) in [6.45, 7) is 0.806. The minimum atomic E-state index is -0.791. The molecule has 6 nitrogen and oxygen atoms in total. The number of hydrogen-bond acceptors (Lipinski definition) is 5. The first-order chi connectivity index (χ1) is 9.75. The van der Waals surface area contributed by atoms with Crippen molar-refractivity contribution in [1.82, 2.24) is 5.32 Å². The molecule has 4 rings (SSSR count). The number of aliphatic carboxylic acids is 1. The van der Waals surface area contributed by atoms with Crippen LogP contribution in [0.5, 0.6) is 0 Å². The largest absolute Gasteiger partial charge is 0.480 e. The third-order valence-corrected chi connectivity index (χ3v) is 4.37. The first-order valence-corrected chi connectivity index (χ1v) is 6.81. The molecular formula is C14H16N2O4. The second kappa shape index (κ2) is 4.44. The maximum Gasteiger partial charge on any atom is 0.320 e. The van der Waals surface area contributed by atoms with Crippen molar-refractivity contribution in [2.24, 2.45) is 0 Å². The number of fused-ring (bicyclic) bond motifs is 3. The van der Waals surface area contributed by atoms with Gasteiger partial charge >= 0.3 is 5.97 Å². The number of carboxylic acids is 1. The Morgan fingerprint density at radius 1 is 1.40 bits per heavy atom. The summed E-state index contributed by atoms with van der Waals surface area (Å²) < 4.78 is 10.9. The molecule has 2 N–H and O–H groups in total. The van der Waals surface area contributed by atoms with Gasteiger partial charge in [-0.15, -0.1) is 0 Å². The fourth-order valence-corrected chi connectivity index (χ4v) is 3.52. The Labute approximate surface area is 116 Å². The van der Waals surface area contributed by atoms with Crippen molar-refractivity contribution in [2.45, 2.75) is 30.8 Å². The molecule has 3 aliphatic heterocycles. The number of nitrogens with zero attached hydrogens (tertiary/aromatic N) is 1. The summed E-state index contributed by atoms with van der Waals surface area (Å²) in [5.74, 6) is -0.600. The molecule has 0 aromatic heterocycles. The lowest BCUT2D eigenvalue weighted by Gasteiger charge is -2.31. The summed E-state index contributed by atoms with van der Waals surface area (Å²) in [6, 6.07) is 7.64. The lowest BCUT2D eigenvalue weighted by molar-refractivity contribution is -0.139. The Morgan fingerprint density at radius 2 is 2.25 bits per heavy atom. The third kappa shape index (κ3) is 1.65. The molecule has 1 unspecified atom stereocenters. The standard InChI is InChI=1S/C14H16N2O4/c17-14(18)10-5-9-8-3-1-2-4-11(8)16(13(9)15-10)12-6-19-7-20-12/h1-4,9-10,12-13,15H,5-7H2,(H,17,18)/t9-,10+,12?,13+/m1/s1. The Hall–Kier alpha value is -1.63. The normalized spacial score (nSPS) is 35.1. The van der Waals surface area contributed by atoms with E-state index < -0.39 is 12.0 Å². The fourth-order valence-electron chi connectivity index (χ4n) is 3.52. The maximum atomic E-state index is 11.2. The lowest BCUT2D eigenvalue weighted by Crippen LogP contribution is -2.50. The van der Waals surface area contributed by atoms with Crippen LogP contribution in [0.2, 0.25) is 0 Å². The number of para-hydroxylation sites is 1. The molecular weight excluding hydrogens is 260 g/mol. The quantitative estimate of drug-likeness (QED) is 0.828. The highest BCUT2D eigenvalue weighted by Gasteiger charge is 2.49. The van der Waals surface area contributed by atoms with Gasteiger partial charge in [-0.05, 0) is 18.1 Å². The molecule has 2 fully saturated rings. The molecule has 4 atom stereocenters. The molecule has 106 valence electrons. The van der Waals surface area contributed by atoms with E-state index in [4.69, 9.17) is 9.47 Å². The van der Waals surface area contributed by atoms with Crippen LogP contribution in [0.3, 0.4) is 0 Å². The summed E-state index contributed by atoms with van der Waals surface area (Å²) in [7, 11) is 0. The van der Waals surface area contributed by atoms with Crippen LogP contribution in [0.1, 0.15) is 17.9 Å². The summed E-state index contributed by atoms with van der Waals surface area (Å²) in [6.07, 6.45) is 0.438. The van der Waals surface area contributed by atoms with Crippen LogP contribution in [0.25, 0.3) is 0 Å². The van der Waals surface area contributed by atoms with Crippen molar-refractivity contribution in [3.05, 3.63) is 29.8 Å². The average Bonchev–Trinajstić information content (AvgIpc) is 3.13. The van der Waals surface area contributed by atoms with Crippen LogP contribution >= 0.6 is 0 Å². The average molecular weight is 276 g/mol. The van der Waals surface area contributed by atoms with Crippen LogP contribution in [0, 0.1) is 0 Å². The molecule has 0 radical (unpaired) electrons. The number of hydrogen-bond donors (Lipinski definition) is 2. The van der Waals surface area contributed by atoms with Gasteiger partial charge in [0.15, 0.2) is 6.23 Å². The van der Waals surface area contributed by atoms with E-state index in [1.54, 1.807) is 0 Å². The number of carboxylic acid groups (broad SMARTS) is 1. The highest BCUT2D eigenvalue weighted by atomic mass is 16.7. The van der Waals surface area contributed by atoms with Crippen molar-refractivity contribution in [2.75, 3.05) is 18.3 Å². The maximum absolute atomic E-state index is 11.2. The molecule has 2 saturated heterocycles. The van der Waals surface area contributed by atoms with Crippen molar-refractivity contribution in [1.29, 1.82) is 0 Å². The van der Waals surface area contributed by atoms with Gasteiger partial charge in [0.1, 0.15) is 12.8 Å². The minimum absolute atomic E-state index is 0.0276. The van der Waals surface area contributed by atoms with Crippen molar-refractivity contribution >= 4 is 11.7 Å². The monoisotopic (exact) mass is 276 g/mol. The molecule has 3 aliphatic rings. The van der Waals surface area contributed by atoms with E-state index in [1.165, 1.54) is 5.56 Å². The molecule has 0 spiro atoms. The van der Waals surface area contributed by atoms with Crippen LogP contribution < -0.4 is 10.2 Å². The van der Waals surface area contributed by atoms with Gasteiger partial charge in [-0.2, -0.15) is 0 Å². The second-order valence-electron chi connectivity index (χ2n) is 5.42. The summed E-state index contributed by atoms with van der Waals surface area (Å²) >= 11 is 0. The fraction of sp³-hybridized carbons (Fsp3) is 0.500. The highest BCUT2D eigenvalue weighted by molar-refractivity contribution is 5.76. The Balaban J connectivity index is 1.72. The number of rotatable bonds is 2. The predicted octanol–water partition coefficient (Wildman–Crippen LogP) is 0.693. The lowest BCUT2D eigenvalue weighted by atomic mass is 9.96. The molecule has 1 aromatic rings. The molecule has 1 aromatic carbocycles. The van der Waals surface area contributed by atoms with E-state index in [9.17, 15) is 9.90 Å². The zero-order valence-corrected chi connectivity index (χ0v) is 10.9. The second-order valence-corrected chi connectivity index (χ2v) is 5.42. The molecule has 0 amide bonds. The number of anilines is 1. The Morgan fingerprint density at radius 3 is 3.00 bits per heavy atom. The van der Waals surface area contributed by atoms with E-state index in [-0.39, 0.29) is 18.3 Å². The van der Waals surface area contributed by atoms with Crippen LogP contribution in [-0.2, 0) is 14.3 Å². The first-order valence-electron chi connectivity index (χ1n) is 6.81. The van der Waals surface area contributed by atoms with E-state index in [2.05, 4.69) is 22.3 Å². The Kier molecular flexibility index (Phi) is 2.70. The summed E-state index contributed by atoms with van der Waals surface area (Å²) in [5, 5.41) is 12.4. The number of ether oxygens (including phenoxy) is 2. The van der Waals surface area contributed by atoms with Gasteiger partial charge in [-0.3, -0.25) is 10.1 Å². The number of benzene rings is 1. The van der Waals surface area contributed by atoms with Gasteiger partial charge in [-0.1, -0.05) is 18.2 Å². The smallest absolute Gasteiger partial charge is 0.320 e. The first kappa shape index (κ1) is 12.1. The Bertz CT molecular complexity index is 544.